The van der Waals surface area contributed by atoms with Crippen LogP contribution in [0.5, 0.6) is 0 Å². The summed E-state index contributed by atoms with van der Waals surface area (Å²) in [6.45, 7) is 6.55. The van der Waals surface area contributed by atoms with E-state index in [1.54, 1.807) is 0 Å². The van der Waals surface area contributed by atoms with Gasteiger partial charge in [0.25, 0.3) is 0 Å². The maximum absolute atomic E-state index is 12.9. The summed E-state index contributed by atoms with van der Waals surface area (Å²) in [6.07, 6.45) is 83.0. The first-order valence-electron chi connectivity index (χ1n) is 32.1. The van der Waals surface area contributed by atoms with Crippen molar-refractivity contribution in [2.45, 2.75) is 322 Å². The Balaban J connectivity index is 4.35. The van der Waals surface area contributed by atoms with Crippen molar-refractivity contribution < 1.29 is 28.6 Å². The molecule has 0 aliphatic rings. The van der Waals surface area contributed by atoms with Gasteiger partial charge in [-0.25, -0.2) is 0 Å². The molecule has 0 saturated carbocycles. The van der Waals surface area contributed by atoms with Gasteiger partial charge in [-0.2, -0.15) is 0 Å². The van der Waals surface area contributed by atoms with Crippen LogP contribution >= 0.6 is 0 Å². The SMILES string of the molecule is CC/C=C\C/C=C\C/C=C\C/C=C\C/C=C\C/C=C\C/C=C\CCCCCCCC(=O)OCC(COC(=O)CCCCCCCCCCCCCCCC)OC(=O)CCCCCCCCCCCCCCCCCC. The third-order valence-electron chi connectivity index (χ3n) is 13.9. The fourth-order valence-corrected chi connectivity index (χ4v) is 9.13. The number of hydrogen-bond donors (Lipinski definition) is 0. The zero-order valence-corrected chi connectivity index (χ0v) is 49.6. The van der Waals surface area contributed by atoms with Crippen LogP contribution in [0, 0.1) is 0 Å². The summed E-state index contributed by atoms with van der Waals surface area (Å²) in [5.74, 6) is -0.882. The molecule has 0 aliphatic heterocycles. The van der Waals surface area contributed by atoms with Crippen molar-refractivity contribution in [1.82, 2.24) is 0 Å². The second kappa shape index (κ2) is 63.1. The van der Waals surface area contributed by atoms with Gasteiger partial charge in [0.2, 0.25) is 0 Å². The number of carbonyl (C=O) groups is 3. The van der Waals surface area contributed by atoms with Crippen molar-refractivity contribution in [3.05, 3.63) is 85.1 Å². The minimum atomic E-state index is -0.782. The van der Waals surface area contributed by atoms with Crippen LogP contribution in [0.15, 0.2) is 85.1 Å². The molecule has 1 atom stereocenters. The highest BCUT2D eigenvalue weighted by Crippen LogP contribution is 2.17. The maximum Gasteiger partial charge on any atom is 0.306 e. The number of hydrogen-bond acceptors (Lipinski definition) is 6. The molecule has 0 aliphatic carbocycles. The Morgan fingerprint density at radius 3 is 0.813 bits per heavy atom. The summed E-state index contributed by atoms with van der Waals surface area (Å²) in [5.41, 5.74) is 0. The van der Waals surface area contributed by atoms with E-state index in [-0.39, 0.29) is 31.1 Å². The lowest BCUT2D eigenvalue weighted by molar-refractivity contribution is -0.167. The molecule has 0 spiro atoms. The van der Waals surface area contributed by atoms with Crippen LogP contribution in [-0.2, 0) is 28.6 Å². The van der Waals surface area contributed by atoms with Crippen LogP contribution in [0.1, 0.15) is 316 Å². The van der Waals surface area contributed by atoms with E-state index in [1.165, 1.54) is 154 Å². The summed E-state index contributed by atoms with van der Waals surface area (Å²) in [7, 11) is 0. The van der Waals surface area contributed by atoms with E-state index in [0.717, 1.165) is 122 Å². The standard InChI is InChI=1S/C69H120O6/c1-4-7-10-13-16-19-22-25-28-30-31-32-33-34-35-36-37-38-39-40-42-44-47-50-53-56-59-62-68(71)74-65-66(64-73-67(70)61-58-55-52-49-46-43-27-24-21-18-15-12-9-6-3)75-69(72)63-60-57-54-51-48-45-41-29-26-23-20-17-14-11-8-5-2/h7,10,16,19,25,28,31-32,34-35,37-38,40,42,66H,4-6,8-9,11-15,17-18,20-24,26-27,29-30,33,36,39,41,43-65H2,1-3H3/b10-7-,19-16-,28-25-,32-31-,35-34-,38-37-,42-40-. The summed E-state index contributed by atoms with van der Waals surface area (Å²) in [5, 5.41) is 0. The van der Waals surface area contributed by atoms with Crippen LogP contribution in [0.4, 0.5) is 0 Å². The second-order valence-electron chi connectivity index (χ2n) is 21.3. The molecule has 0 aromatic rings. The van der Waals surface area contributed by atoms with Crippen LogP contribution in [0.25, 0.3) is 0 Å². The third-order valence-corrected chi connectivity index (χ3v) is 13.9. The van der Waals surface area contributed by atoms with Crippen LogP contribution in [0.3, 0.4) is 0 Å². The van der Waals surface area contributed by atoms with Crippen molar-refractivity contribution in [3.8, 4) is 0 Å². The molecule has 6 nitrogen and oxygen atoms in total. The zero-order valence-electron chi connectivity index (χ0n) is 49.6. The molecule has 75 heavy (non-hydrogen) atoms. The molecule has 0 aromatic carbocycles. The van der Waals surface area contributed by atoms with Crippen molar-refractivity contribution in [1.29, 1.82) is 0 Å². The quantitative estimate of drug-likeness (QED) is 0.0261. The van der Waals surface area contributed by atoms with E-state index in [1.807, 2.05) is 0 Å². The number of esters is 3. The molecule has 0 radical (unpaired) electrons. The fraction of sp³-hybridized carbons (Fsp3) is 0.754. The highest BCUT2D eigenvalue weighted by molar-refractivity contribution is 5.71. The summed E-state index contributed by atoms with van der Waals surface area (Å²) >= 11 is 0. The molecule has 0 amide bonds. The van der Waals surface area contributed by atoms with Gasteiger partial charge in [-0.05, 0) is 77.0 Å². The lowest BCUT2D eigenvalue weighted by atomic mass is 10.0. The van der Waals surface area contributed by atoms with Crippen LogP contribution in [0.2, 0.25) is 0 Å². The van der Waals surface area contributed by atoms with E-state index < -0.39 is 6.10 Å². The molecule has 0 bridgehead atoms. The van der Waals surface area contributed by atoms with Gasteiger partial charge in [0.1, 0.15) is 13.2 Å². The molecular formula is C69H120O6. The molecule has 0 rings (SSSR count). The maximum atomic E-state index is 12.9. The van der Waals surface area contributed by atoms with Crippen molar-refractivity contribution >= 4 is 17.9 Å². The van der Waals surface area contributed by atoms with Gasteiger partial charge in [0.05, 0.1) is 0 Å². The summed E-state index contributed by atoms with van der Waals surface area (Å²) in [4.78, 5) is 38.3. The first-order valence-corrected chi connectivity index (χ1v) is 32.1. The average molecular weight is 1050 g/mol. The Labute approximate surface area is 465 Å². The van der Waals surface area contributed by atoms with Crippen molar-refractivity contribution in [2.24, 2.45) is 0 Å². The molecule has 0 fully saturated rings. The van der Waals surface area contributed by atoms with E-state index >= 15 is 0 Å². The van der Waals surface area contributed by atoms with Gasteiger partial charge in [-0.15, -0.1) is 0 Å². The van der Waals surface area contributed by atoms with Gasteiger partial charge in [0.15, 0.2) is 6.10 Å². The predicted octanol–water partition coefficient (Wildman–Crippen LogP) is 21.9. The second-order valence-corrected chi connectivity index (χ2v) is 21.3. The molecule has 0 heterocycles. The number of ether oxygens (including phenoxy) is 3. The smallest absolute Gasteiger partial charge is 0.306 e. The molecule has 432 valence electrons. The fourth-order valence-electron chi connectivity index (χ4n) is 9.13. The molecular weight excluding hydrogens is 925 g/mol. The van der Waals surface area contributed by atoms with Gasteiger partial charge < -0.3 is 14.2 Å². The first-order chi connectivity index (χ1) is 37.0. The first kappa shape index (κ1) is 71.6. The Morgan fingerprint density at radius 2 is 0.520 bits per heavy atom. The Bertz CT molecular complexity index is 1430. The van der Waals surface area contributed by atoms with E-state index in [0.29, 0.717) is 19.3 Å². The Kier molecular flexibility index (Phi) is 60.3. The highest BCUT2D eigenvalue weighted by atomic mass is 16.6. The Hall–Kier alpha value is -3.41. The monoisotopic (exact) mass is 1040 g/mol. The molecule has 6 heteroatoms. The largest absolute Gasteiger partial charge is 0.462 e. The van der Waals surface area contributed by atoms with E-state index in [4.69, 9.17) is 14.2 Å². The number of allylic oxidation sites excluding steroid dienone is 14. The van der Waals surface area contributed by atoms with Gasteiger partial charge in [-0.3, -0.25) is 14.4 Å². The van der Waals surface area contributed by atoms with Crippen LogP contribution in [-0.4, -0.2) is 37.2 Å². The minimum Gasteiger partial charge on any atom is -0.462 e. The average Bonchev–Trinajstić information content (AvgIpc) is 3.41. The molecule has 0 aromatic heterocycles. The lowest BCUT2D eigenvalue weighted by Crippen LogP contribution is -2.30. The molecule has 0 N–H and O–H groups in total. The Morgan fingerprint density at radius 1 is 0.280 bits per heavy atom. The highest BCUT2D eigenvalue weighted by Gasteiger charge is 2.19. The molecule has 0 saturated heterocycles. The topological polar surface area (TPSA) is 78.9 Å². The van der Waals surface area contributed by atoms with Gasteiger partial charge in [0, 0.05) is 19.3 Å². The van der Waals surface area contributed by atoms with E-state index in [2.05, 4.69) is 106 Å². The zero-order chi connectivity index (χ0) is 54.3. The van der Waals surface area contributed by atoms with Crippen molar-refractivity contribution in [2.75, 3.05) is 13.2 Å². The third kappa shape index (κ3) is 61.3. The number of unbranched alkanes of at least 4 members (excludes halogenated alkanes) is 33. The van der Waals surface area contributed by atoms with Gasteiger partial charge >= 0.3 is 17.9 Å². The molecule has 1 unspecified atom stereocenters. The summed E-state index contributed by atoms with van der Waals surface area (Å²) in [6, 6.07) is 0. The summed E-state index contributed by atoms with van der Waals surface area (Å²) < 4.78 is 16.9. The number of rotatable bonds is 58. The minimum absolute atomic E-state index is 0.0781. The van der Waals surface area contributed by atoms with Crippen molar-refractivity contribution in [3.63, 3.8) is 0 Å². The van der Waals surface area contributed by atoms with E-state index in [9.17, 15) is 14.4 Å². The normalized spacial score (nSPS) is 12.6. The van der Waals surface area contributed by atoms with Gasteiger partial charge in [-0.1, -0.05) is 305 Å². The predicted molar refractivity (Wildman–Crippen MR) is 325 cm³/mol. The van der Waals surface area contributed by atoms with Crippen LogP contribution < -0.4 is 0 Å². The number of carbonyl (C=O) groups excluding carboxylic acids is 3. The lowest BCUT2D eigenvalue weighted by Gasteiger charge is -2.18.